The van der Waals surface area contributed by atoms with Crippen molar-refractivity contribution >= 4 is 6.29 Å². The average molecular weight is 218 g/mol. The summed E-state index contributed by atoms with van der Waals surface area (Å²) < 4.78 is 0. The highest BCUT2D eigenvalue weighted by Gasteiger charge is 2.35. The normalized spacial score (nSPS) is 26.6. The van der Waals surface area contributed by atoms with Gasteiger partial charge in [0.1, 0.15) is 6.29 Å². The number of carbonyl (C=O) groups excluding carboxylic acids is 1. The third kappa shape index (κ3) is 2.01. The minimum atomic E-state index is -0.0690. The maximum atomic E-state index is 10.7. The zero-order valence-corrected chi connectivity index (χ0v) is 9.65. The van der Waals surface area contributed by atoms with Gasteiger partial charge in [-0.1, -0.05) is 30.3 Å². The molecule has 0 amide bonds. The van der Waals surface area contributed by atoms with Gasteiger partial charge in [-0.3, -0.25) is 4.90 Å². The van der Waals surface area contributed by atoms with Crippen molar-refractivity contribution < 1.29 is 4.79 Å². The molecule has 1 fully saturated rings. The summed E-state index contributed by atoms with van der Waals surface area (Å²) in [5, 5.41) is 3.40. The molecule has 1 aliphatic heterocycles. The molecule has 0 aromatic heterocycles. The summed E-state index contributed by atoms with van der Waals surface area (Å²) in [6.07, 6.45) is 0.993. The van der Waals surface area contributed by atoms with Gasteiger partial charge in [0.2, 0.25) is 0 Å². The molecular weight excluding hydrogens is 200 g/mol. The van der Waals surface area contributed by atoms with Crippen molar-refractivity contribution in [1.82, 2.24) is 10.2 Å². The lowest BCUT2D eigenvalue weighted by molar-refractivity contribution is -0.110. The summed E-state index contributed by atoms with van der Waals surface area (Å²) in [6.45, 7) is 5.47. The number of piperazine rings is 1. The van der Waals surface area contributed by atoms with Crippen LogP contribution >= 0.6 is 0 Å². The first-order chi connectivity index (χ1) is 7.77. The molecule has 0 radical (unpaired) electrons. The van der Waals surface area contributed by atoms with Crippen LogP contribution in [0.3, 0.4) is 0 Å². The fourth-order valence-electron chi connectivity index (χ4n) is 2.37. The van der Waals surface area contributed by atoms with Gasteiger partial charge in [0.25, 0.3) is 0 Å². The molecule has 0 aliphatic carbocycles. The molecule has 3 nitrogen and oxygen atoms in total. The Balaban J connectivity index is 2.29. The van der Waals surface area contributed by atoms with Crippen LogP contribution in [0.25, 0.3) is 0 Å². The molecule has 3 heteroatoms. The van der Waals surface area contributed by atoms with Crippen LogP contribution in [0.2, 0.25) is 0 Å². The highest BCUT2D eigenvalue weighted by atomic mass is 16.1. The Morgan fingerprint density at radius 1 is 1.44 bits per heavy atom. The number of carbonyl (C=O) groups is 1. The van der Waals surface area contributed by atoms with Gasteiger partial charge in [-0.15, -0.1) is 0 Å². The van der Waals surface area contributed by atoms with E-state index in [2.05, 4.69) is 29.3 Å². The number of rotatable bonds is 3. The minimum Gasteiger partial charge on any atom is -0.313 e. The molecule has 86 valence electrons. The van der Waals surface area contributed by atoms with Gasteiger partial charge in [-0.05, 0) is 12.5 Å². The molecule has 1 aliphatic rings. The van der Waals surface area contributed by atoms with E-state index in [0.717, 1.165) is 25.9 Å². The fourth-order valence-corrected chi connectivity index (χ4v) is 2.37. The van der Waals surface area contributed by atoms with Crippen LogP contribution in [0, 0.1) is 0 Å². The molecule has 2 rings (SSSR count). The van der Waals surface area contributed by atoms with E-state index in [-0.39, 0.29) is 5.54 Å². The summed E-state index contributed by atoms with van der Waals surface area (Å²) in [4.78, 5) is 13.0. The highest BCUT2D eigenvalue weighted by molar-refractivity contribution is 5.52. The molecule has 1 atom stereocenters. The molecule has 1 saturated heterocycles. The quantitative estimate of drug-likeness (QED) is 0.768. The second-order valence-electron chi connectivity index (χ2n) is 4.43. The zero-order valence-electron chi connectivity index (χ0n) is 9.65. The predicted molar refractivity (Wildman–Crippen MR) is 64.3 cm³/mol. The van der Waals surface area contributed by atoms with Gasteiger partial charge in [-0.25, -0.2) is 0 Å². The third-order valence-corrected chi connectivity index (χ3v) is 3.42. The van der Waals surface area contributed by atoms with E-state index in [9.17, 15) is 4.79 Å². The van der Waals surface area contributed by atoms with E-state index in [1.165, 1.54) is 5.56 Å². The Bertz CT molecular complexity index is 352. The van der Waals surface area contributed by atoms with Crippen LogP contribution in [-0.4, -0.2) is 37.4 Å². The molecular formula is C13H18N2O. The van der Waals surface area contributed by atoms with E-state index in [0.29, 0.717) is 6.54 Å². The summed E-state index contributed by atoms with van der Waals surface area (Å²) in [5.41, 5.74) is 1.20. The maximum absolute atomic E-state index is 10.7. The van der Waals surface area contributed by atoms with Crippen molar-refractivity contribution in [1.29, 1.82) is 0 Å². The monoisotopic (exact) mass is 218 g/mol. The Kier molecular flexibility index (Phi) is 3.36. The standard InChI is InChI=1S/C13H18N2O/c1-13(12-5-3-2-4-6-12)11-14-7-8-15(13)9-10-16/h2-6,10,14H,7-9,11H2,1H3. The van der Waals surface area contributed by atoms with E-state index in [1.54, 1.807) is 0 Å². The van der Waals surface area contributed by atoms with Crippen molar-refractivity contribution in [3.05, 3.63) is 35.9 Å². The molecule has 0 saturated carbocycles. The lowest BCUT2D eigenvalue weighted by atomic mass is 9.88. The van der Waals surface area contributed by atoms with Crippen LogP contribution in [-0.2, 0) is 10.3 Å². The first-order valence-corrected chi connectivity index (χ1v) is 5.72. The number of nitrogens with zero attached hydrogens (tertiary/aromatic N) is 1. The van der Waals surface area contributed by atoms with E-state index in [4.69, 9.17) is 0 Å². The minimum absolute atomic E-state index is 0.0690. The molecule has 0 spiro atoms. The van der Waals surface area contributed by atoms with E-state index < -0.39 is 0 Å². The lowest BCUT2D eigenvalue weighted by Crippen LogP contribution is -2.57. The van der Waals surface area contributed by atoms with Crippen LogP contribution in [0.4, 0.5) is 0 Å². The van der Waals surface area contributed by atoms with Crippen molar-refractivity contribution in [3.8, 4) is 0 Å². The second-order valence-corrected chi connectivity index (χ2v) is 4.43. The summed E-state index contributed by atoms with van der Waals surface area (Å²) in [5.74, 6) is 0. The Hall–Kier alpha value is -1.19. The third-order valence-electron chi connectivity index (χ3n) is 3.42. The summed E-state index contributed by atoms with van der Waals surface area (Å²) in [6, 6.07) is 10.4. The molecule has 16 heavy (non-hydrogen) atoms. The van der Waals surface area contributed by atoms with Crippen molar-refractivity contribution in [3.63, 3.8) is 0 Å². The van der Waals surface area contributed by atoms with Gasteiger partial charge in [0.15, 0.2) is 0 Å². The van der Waals surface area contributed by atoms with Crippen LogP contribution in [0.1, 0.15) is 12.5 Å². The SMILES string of the molecule is CC1(c2ccccc2)CNCCN1CC=O. The number of hydrogen-bond donors (Lipinski definition) is 1. The van der Waals surface area contributed by atoms with Gasteiger partial charge >= 0.3 is 0 Å². The van der Waals surface area contributed by atoms with Crippen molar-refractivity contribution in [2.24, 2.45) is 0 Å². The van der Waals surface area contributed by atoms with E-state index >= 15 is 0 Å². The Labute approximate surface area is 96.5 Å². The first-order valence-electron chi connectivity index (χ1n) is 5.72. The molecule has 1 N–H and O–H groups in total. The largest absolute Gasteiger partial charge is 0.313 e. The molecule has 1 aromatic carbocycles. The van der Waals surface area contributed by atoms with Gasteiger partial charge in [0.05, 0.1) is 12.1 Å². The number of nitrogens with one attached hydrogen (secondary N) is 1. The van der Waals surface area contributed by atoms with Crippen LogP contribution in [0.5, 0.6) is 0 Å². The van der Waals surface area contributed by atoms with Crippen molar-refractivity contribution in [2.45, 2.75) is 12.5 Å². The highest BCUT2D eigenvalue weighted by Crippen LogP contribution is 2.28. The second kappa shape index (κ2) is 4.76. The van der Waals surface area contributed by atoms with E-state index in [1.807, 2.05) is 18.2 Å². The van der Waals surface area contributed by atoms with Gasteiger partial charge in [0, 0.05) is 19.6 Å². The molecule has 0 bridgehead atoms. The summed E-state index contributed by atoms with van der Waals surface area (Å²) >= 11 is 0. The Morgan fingerprint density at radius 3 is 2.88 bits per heavy atom. The number of hydrogen-bond acceptors (Lipinski definition) is 3. The van der Waals surface area contributed by atoms with Crippen molar-refractivity contribution in [2.75, 3.05) is 26.2 Å². The van der Waals surface area contributed by atoms with Gasteiger partial charge in [-0.2, -0.15) is 0 Å². The fraction of sp³-hybridized carbons (Fsp3) is 0.462. The molecule has 1 aromatic rings. The Morgan fingerprint density at radius 2 is 2.19 bits per heavy atom. The topological polar surface area (TPSA) is 32.3 Å². The smallest absolute Gasteiger partial charge is 0.134 e. The van der Waals surface area contributed by atoms with Crippen LogP contribution < -0.4 is 5.32 Å². The van der Waals surface area contributed by atoms with Gasteiger partial charge < -0.3 is 10.1 Å². The number of benzene rings is 1. The zero-order chi connectivity index (χ0) is 11.4. The first kappa shape index (κ1) is 11.3. The van der Waals surface area contributed by atoms with Crippen LogP contribution in [0.15, 0.2) is 30.3 Å². The predicted octanol–water partition coefficient (Wildman–Crippen LogP) is 1.01. The lowest BCUT2D eigenvalue weighted by Gasteiger charge is -2.44. The number of aldehydes is 1. The maximum Gasteiger partial charge on any atom is 0.134 e. The summed E-state index contributed by atoms with van der Waals surface area (Å²) in [7, 11) is 0. The average Bonchev–Trinajstić information content (AvgIpc) is 2.34. The molecule has 1 unspecified atom stereocenters. The molecule has 1 heterocycles.